The maximum Gasteiger partial charge on any atom is 0.230 e. The van der Waals surface area contributed by atoms with Crippen LogP contribution in [-0.4, -0.2) is 23.2 Å². The van der Waals surface area contributed by atoms with E-state index >= 15 is 0 Å². The number of hydrogen-bond donors (Lipinski definition) is 2. The standard InChI is InChI=1S/C15H19N3O2/c1-4-11-9-16-18-15(11)17-14(19)8-12-7-10(2)5-6-13(12)20-3/h5-7,9H,4,8H2,1-3H3,(H2,16,17,18,19). The predicted molar refractivity (Wildman–Crippen MR) is 78.0 cm³/mol. The molecule has 0 bridgehead atoms. The fraction of sp³-hybridized carbons (Fsp3) is 0.333. The average Bonchev–Trinajstić information content (AvgIpc) is 2.86. The molecule has 2 aromatic rings. The molecule has 0 aliphatic heterocycles. The molecule has 0 aliphatic rings. The number of hydrogen-bond acceptors (Lipinski definition) is 3. The summed E-state index contributed by atoms with van der Waals surface area (Å²) < 4.78 is 5.28. The van der Waals surface area contributed by atoms with E-state index in [0.29, 0.717) is 5.82 Å². The summed E-state index contributed by atoms with van der Waals surface area (Å²) in [6, 6.07) is 5.81. The van der Waals surface area contributed by atoms with E-state index in [1.54, 1.807) is 13.3 Å². The van der Waals surface area contributed by atoms with Crippen molar-refractivity contribution in [2.24, 2.45) is 0 Å². The summed E-state index contributed by atoms with van der Waals surface area (Å²) in [5.74, 6) is 1.31. The molecule has 20 heavy (non-hydrogen) atoms. The predicted octanol–water partition coefficient (Wildman–Crippen LogP) is 2.47. The van der Waals surface area contributed by atoms with Gasteiger partial charge in [-0.25, -0.2) is 0 Å². The van der Waals surface area contributed by atoms with Crippen LogP contribution in [0.3, 0.4) is 0 Å². The van der Waals surface area contributed by atoms with Crippen LogP contribution >= 0.6 is 0 Å². The van der Waals surface area contributed by atoms with E-state index in [1.807, 2.05) is 32.0 Å². The van der Waals surface area contributed by atoms with Gasteiger partial charge >= 0.3 is 0 Å². The highest BCUT2D eigenvalue weighted by atomic mass is 16.5. The average molecular weight is 273 g/mol. The molecular formula is C15H19N3O2. The maximum absolute atomic E-state index is 12.1. The van der Waals surface area contributed by atoms with Crippen molar-refractivity contribution in [1.29, 1.82) is 0 Å². The third-order valence-corrected chi connectivity index (χ3v) is 3.15. The number of ether oxygens (including phenoxy) is 1. The molecule has 0 saturated carbocycles. The van der Waals surface area contributed by atoms with Crippen molar-refractivity contribution in [3.05, 3.63) is 41.1 Å². The summed E-state index contributed by atoms with van der Waals surface area (Å²) in [4.78, 5) is 12.1. The molecule has 1 aromatic carbocycles. The first kappa shape index (κ1) is 14.1. The number of nitrogens with one attached hydrogen (secondary N) is 2. The lowest BCUT2D eigenvalue weighted by atomic mass is 10.1. The summed E-state index contributed by atoms with van der Waals surface area (Å²) in [6.45, 7) is 4.01. The quantitative estimate of drug-likeness (QED) is 0.879. The summed E-state index contributed by atoms with van der Waals surface area (Å²) in [6.07, 6.45) is 2.82. The maximum atomic E-state index is 12.1. The van der Waals surface area contributed by atoms with Crippen molar-refractivity contribution >= 4 is 11.7 Å². The number of carbonyl (C=O) groups is 1. The van der Waals surface area contributed by atoms with Crippen molar-refractivity contribution in [2.75, 3.05) is 12.4 Å². The molecule has 0 radical (unpaired) electrons. The van der Waals surface area contributed by atoms with E-state index in [9.17, 15) is 4.79 Å². The number of methoxy groups -OCH3 is 1. The second kappa shape index (κ2) is 6.23. The first-order valence-corrected chi connectivity index (χ1v) is 6.59. The molecule has 0 unspecified atom stereocenters. The lowest BCUT2D eigenvalue weighted by molar-refractivity contribution is -0.115. The third-order valence-electron chi connectivity index (χ3n) is 3.15. The van der Waals surface area contributed by atoms with Gasteiger partial charge in [0.05, 0.1) is 19.7 Å². The lowest BCUT2D eigenvalue weighted by Gasteiger charge is -2.10. The van der Waals surface area contributed by atoms with E-state index in [-0.39, 0.29) is 12.3 Å². The number of nitrogens with zero attached hydrogens (tertiary/aromatic N) is 1. The Morgan fingerprint density at radius 3 is 2.90 bits per heavy atom. The number of anilines is 1. The normalized spacial score (nSPS) is 10.3. The van der Waals surface area contributed by atoms with Gasteiger partial charge in [-0.3, -0.25) is 9.89 Å². The van der Waals surface area contributed by atoms with Gasteiger partial charge in [0.1, 0.15) is 11.6 Å². The van der Waals surface area contributed by atoms with E-state index in [1.165, 1.54) is 0 Å². The molecule has 2 N–H and O–H groups in total. The minimum Gasteiger partial charge on any atom is -0.496 e. The topological polar surface area (TPSA) is 67.0 Å². The molecule has 0 spiro atoms. The lowest BCUT2D eigenvalue weighted by Crippen LogP contribution is -2.16. The Morgan fingerprint density at radius 1 is 1.40 bits per heavy atom. The number of H-pyrrole nitrogens is 1. The van der Waals surface area contributed by atoms with Crippen LogP contribution in [0.25, 0.3) is 0 Å². The van der Waals surface area contributed by atoms with Gasteiger partial charge in [-0.15, -0.1) is 0 Å². The van der Waals surface area contributed by atoms with Gasteiger partial charge in [0.2, 0.25) is 5.91 Å². The number of amides is 1. The van der Waals surface area contributed by atoms with Gasteiger partial charge in [0.15, 0.2) is 0 Å². The summed E-state index contributed by atoms with van der Waals surface area (Å²) >= 11 is 0. The number of aryl methyl sites for hydroxylation is 2. The molecular weight excluding hydrogens is 254 g/mol. The van der Waals surface area contributed by atoms with E-state index in [2.05, 4.69) is 15.5 Å². The molecule has 1 aromatic heterocycles. The van der Waals surface area contributed by atoms with Crippen molar-refractivity contribution in [3.8, 4) is 5.75 Å². The Bertz CT molecular complexity index is 605. The highest BCUT2D eigenvalue weighted by molar-refractivity contribution is 5.92. The fourth-order valence-electron chi connectivity index (χ4n) is 2.09. The molecule has 106 valence electrons. The smallest absolute Gasteiger partial charge is 0.230 e. The Kier molecular flexibility index (Phi) is 4.40. The SMILES string of the molecule is CCc1cn[nH]c1NC(=O)Cc1cc(C)ccc1OC. The minimum atomic E-state index is -0.0900. The molecule has 1 amide bonds. The molecule has 5 nitrogen and oxygen atoms in total. The van der Waals surface area contributed by atoms with Crippen molar-refractivity contribution in [1.82, 2.24) is 10.2 Å². The zero-order valence-corrected chi connectivity index (χ0v) is 12.0. The van der Waals surface area contributed by atoms with E-state index in [0.717, 1.165) is 28.9 Å². The van der Waals surface area contributed by atoms with Gasteiger partial charge in [0, 0.05) is 11.1 Å². The summed E-state index contributed by atoms with van der Waals surface area (Å²) in [7, 11) is 1.61. The first-order valence-electron chi connectivity index (χ1n) is 6.59. The van der Waals surface area contributed by atoms with Crippen LogP contribution in [0.15, 0.2) is 24.4 Å². The Morgan fingerprint density at radius 2 is 2.20 bits per heavy atom. The first-order chi connectivity index (χ1) is 9.63. The molecule has 2 rings (SSSR count). The summed E-state index contributed by atoms with van der Waals surface area (Å²) in [5, 5.41) is 9.58. The second-order valence-electron chi connectivity index (χ2n) is 4.66. The van der Waals surface area contributed by atoms with Crippen molar-refractivity contribution in [3.63, 3.8) is 0 Å². The number of aromatic nitrogens is 2. The van der Waals surface area contributed by atoms with Gasteiger partial charge in [-0.05, 0) is 19.4 Å². The molecule has 5 heteroatoms. The van der Waals surface area contributed by atoms with Crippen molar-refractivity contribution in [2.45, 2.75) is 26.7 Å². The van der Waals surface area contributed by atoms with Gasteiger partial charge < -0.3 is 10.1 Å². The molecule has 0 saturated heterocycles. The Balaban J connectivity index is 2.10. The van der Waals surface area contributed by atoms with E-state index < -0.39 is 0 Å². The number of aromatic amines is 1. The second-order valence-corrected chi connectivity index (χ2v) is 4.66. The minimum absolute atomic E-state index is 0.0900. The Hall–Kier alpha value is -2.30. The van der Waals surface area contributed by atoms with Crippen LogP contribution in [-0.2, 0) is 17.6 Å². The van der Waals surface area contributed by atoms with Crippen LogP contribution in [0.1, 0.15) is 23.6 Å². The third kappa shape index (κ3) is 3.17. The molecule has 0 fully saturated rings. The molecule has 0 atom stereocenters. The molecule has 0 aliphatic carbocycles. The van der Waals surface area contributed by atoms with Crippen molar-refractivity contribution < 1.29 is 9.53 Å². The monoisotopic (exact) mass is 273 g/mol. The number of carbonyl (C=O) groups excluding carboxylic acids is 1. The molecule has 1 heterocycles. The van der Waals surface area contributed by atoms with E-state index in [4.69, 9.17) is 4.74 Å². The Labute approximate surface area is 118 Å². The van der Waals surface area contributed by atoms with Crippen LogP contribution in [0, 0.1) is 6.92 Å². The van der Waals surface area contributed by atoms with Crippen LogP contribution < -0.4 is 10.1 Å². The largest absolute Gasteiger partial charge is 0.496 e. The number of benzene rings is 1. The fourth-order valence-corrected chi connectivity index (χ4v) is 2.09. The van der Waals surface area contributed by atoms with Gasteiger partial charge in [0.25, 0.3) is 0 Å². The highest BCUT2D eigenvalue weighted by Gasteiger charge is 2.11. The highest BCUT2D eigenvalue weighted by Crippen LogP contribution is 2.21. The number of rotatable bonds is 5. The summed E-state index contributed by atoms with van der Waals surface area (Å²) in [5.41, 5.74) is 2.97. The zero-order valence-electron chi connectivity index (χ0n) is 12.0. The zero-order chi connectivity index (χ0) is 14.5. The van der Waals surface area contributed by atoms with Crippen LogP contribution in [0.2, 0.25) is 0 Å². The van der Waals surface area contributed by atoms with Gasteiger partial charge in [-0.1, -0.05) is 24.6 Å². The van der Waals surface area contributed by atoms with Gasteiger partial charge in [-0.2, -0.15) is 5.10 Å². The van der Waals surface area contributed by atoms with Crippen LogP contribution in [0.4, 0.5) is 5.82 Å². The van der Waals surface area contributed by atoms with Crippen LogP contribution in [0.5, 0.6) is 5.75 Å².